The van der Waals surface area contributed by atoms with E-state index in [1.165, 1.54) is 5.56 Å². The Bertz CT molecular complexity index is 404. The number of benzene rings is 1. The smallest absolute Gasteiger partial charge is 0.122 e. The minimum absolute atomic E-state index is 0.421. The van der Waals surface area contributed by atoms with Gasteiger partial charge in [-0.05, 0) is 44.4 Å². The lowest BCUT2D eigenvalue weighted by Gasteiger charge is -2.31. The Balaban J connectivity index is 1.60. The summed E-state index contributed by atoms with van der Waals surface area (Å²) < 4.78 is 11.7. The molecule has 1 aliphatic rings. The predicted octanol–water partition coefficient (Wildman–Crippen LogP) is 2.20. The van der Waals surface area contributed by atoms with Crippen molar-refractivity contribution >= 4 is 0 Å². The molecule has 4 nitrogen and oxygen atoms in total. The molecule has 118 valence electrons. The monoisotopic (exact) mass is 292 g/mol. The minimum atomic E-state index is 0.421. The van der Waals surface area contributed by atoms with Crippen LogP contribution in [0.2, 0.25) is 0 Å². The SMILES string of the molecule is Cc1ccccc1OCCN1CCC(OCCCN)CC1. The van der Waals surface area contributed by atoms with Gasteiger partial charge in [0.05, 0.1) is 6.10 Å². The highest BCUT2D eigenvalue weighted by atomic mass is 16.5. The Morgan fingerprint density at radius 2 is 1.95 bits per heavy atom. The van der Waals surface area contributed by atoms with Crippen LogP contribution in [0, 0.1) is 6.92 Å². The lowest BCUT2D eigenvalue weighted by molar-refractivity contribution is 0.00515. The summed E-state index contributed by atoms with van der Waals surface area (Å²) in [4.78, 5) is 2.46. The standard InChI is InChI=1S/C17H28N2O2/c1-15-5-2-3-6-17(15)21-14-12-19-10-7-16(8-11-19)20-13-4-9-18/h2-3,5-6,16H,4,7-14,18H2,1H3. The lowest BCUT2D eigenvalue weighted by atomic mass is 10.1. The molecule has 1 fully saturated rings. The van der Waals surface area contributed by atoms with E-state index in [0.29, 0.717) is 6.10 Å². The molecule has 2 N–H and O–H groups in total. The van der Waals surface area contributed by atoms with Crippen LogP contribution in [0.15, 0.2) is 24.3 Å². The molecule has 0 atom stereocenters. The summed E-state index contributed by atoms with van der Waals surface area (Å²) in [5, 5.41) is 0. The Labute approximate surface area is 128 Å². The van der Waals surface area contributed by atoms with Crippen LogP contribution in [-0.2, 0) is 4.74 Å². The molecule has 0 aliphatic carbocycles. The van der Waals surface area contributed by atoms with Gasteiger partial charge in [-0.15, -0.1) is 0 Å². The molecule has 1 aromatic rings. The van der Waals surface area contributed by atoms with Gasteiger partial charge in [0, 0.05) is 26.2 Å². The molecule has 4 heteroatoms. The van der Waals surface area contributed by atoms with Crippen LogP contribution in [0.4, 0.5) is 0 Å². The van der Waals surface area contributed by atoms with Gasteiger partial charge in [-0.3, -0.25) is 4.90 Å². The number of piperidine rings is 1. The van der Waals surface area contributed by atoms with Crippen LogP contribution >= 0.6 is 0 Å². The van der Waals surface area contributed by atoms with Crippen molar-refractivity contribution in [2.75, 3.05) is 39.4 Å². The molecule has 1 aromatic carbocycles. The third-order valence-electron chi connectivity index (χ3n) is 4.00. The third kappa shape index (κ3) is 5.65. The largest absolute Gasteiger partial charge is 0.492 e. The average Bonchev–Trinajstić information content (AvgIpc) is 2.51. The highest BCUT2D eigenvalue weighted by molar-refractivity contribution is 5.31. The van der Waals surface area contributed by atoms with Crippen molar-refractivity contribution < 1.29 is 9.47 Å². The Kier molecular flexibility index (Phi) is 7.00. The van der Waals surface area contributed by atoms with E-state index in [9.17, 15) is 0 Å². The van der Waals surface area contributed by atoms with Crippen LogP contribution < -0.4 is 10.5 Å². The molecule has 0 saturated carbocycles. The highest BCUT2D eigenvalue weighted by Crippen LogP contribution is 2.17. The first-order chi connectivity index (χ1) is 10.3. The van der Waals surface area contributed by atoms with Crippen LogP contribution in [-0.4, -0.2) is 50.4 Å². The number of para-hydroxylation sites is 1. The summed E-state index contributed by atoms with van der Waals surface area (Å²) in [6.07, 6.45) is 3.62. The fraction of sp³-hybridized carbons (Fsp3) is 0.647. The van der Waals surface area contributed by atoms with E-state index >= 15 is 0 Å². The Morgan fingerprint density at radius 3 is 2.67 bits per heavy atom. The predicted molar refractivity (Wildman–Crippen MR) is 85.8 cm³/mol. The van der Waals surface area contributed by atoms with Crippen molar-refractivity contribution in [2.45, 2.75) is 32.3 Å². The summed E-state index contributed by atoms with van der Waals surface area (Å²) in [5.74, 6) is 0.998. The first-order valence-electron chi connectivity index (χ1n) is 8.02. The molecule has 0 amide bonds. The maximum Gasteiger partial charge on any atom is 0.122 e. The number of likely N-dealkylation sites (tertiary alicyclic amines) is 1. The summed E-state index contributed by atoms with van der Waals surface area (Å²) >= 11 is 0. The van der Waals surface area contributed by atoms with Crippen molar-refractivity contribution in [3.63, 3.8) is 0 Å². The van der Waals surface area contributed by atoms with E-state index in [-0.39, 0.29) is 0 Å². The van der Waals surface area contributed by atoms with Crippen molar-refractivity contribution in [1.82, 2.24) is 4.90 Å². The van der Waals surface area contributed by atoms with Crippen molar-refractivity contribution in [1.29, 1.82) is 0 Å². The number of nitrogens with zero attached hydrogens (tertiary/aromatic N) is 1. The second-order valence-electron chi connectivity index (χ2n) is 5.67. The zero-order chi connectivity index (χ0) is 14.9. The van der Waals surface area contributed by atoms with E-state index < -0.39 is 0 Å². The van der Waals surface area contributed by atoms with Gasteiger partial charge >= 0.3 is 0 Å². The summed E-state index contributed by atoms with van der Waals surface area (Å²) in [7, 11) is 0. The van der Waals surface area contributed by atoms with Crippen molar-refractivity contribution in [3.05, 3.63) is 29.8 Å². The van der Waals surface area contributed by atoms with Gasteiger partial charge in [-0.2, -0.15) is 0 Å². The Hall–Kier alpha value is -1.10. The molecule has 21 heavy (non-hydrogen) atoms. The number of hydrogen-bond donors (Lipinski definition) is 1. The Morgan fingerprint density at radius 1 is 1.19 bits per heavy atom. The molecule has 0 radical (unpaired) electrons. The molecule has 2 rings (SSSR count). The van der Waals surface area contributed by atoms with E-state index in [2.05, 4.69) is 17.9 Å². The van der Waals surface area contributed by atoms with Gasteiger partial charge in [0.15, 0.2) is 0 Å². The van der Waals surface area contributed by atoms with Gasteiger partial charge < -0.3 is 15.2 Å². The molecular weight excluding hydrogens is 264 g/mol. The van der Waals surface area contributed by atoms with E-state index in [4.69, 9.17) is 15.2 Å². The topological polar surface area (TPSA) is 47.7 Å². The maximum atomic E-state index is 5.86. The van der Waals surface area contributed by atoms with Crippen LogP contribution in [0.3, 0.4) is 0 Å². The van der Waals surface area contributed by atoms with Crippen LogP contribution in [0.25, 0.3) is 0 Å². The third-order valence-corrected chi connectivity index (χ3v) is 4.00. The van der Waals surface area contributed by atoms with Gasteiger partial charge in [0.25, 0.3) is 0 Å². The first kappa shape index (κ1) is 16.3. The lowest BCUT2D eigenvalue weighted by Crippen LogP contribution is -2.39. The number of rotatable bonds is 8. The van der Waals surface area contributed by atoms with E-state index in [0.717, 1.165) is 64.4 Å². The first-order valence-corrected chi connectivity index (χ1v) is 8.02. The second-order valence-corrected chi connectivity index (χ2v) is 5.67. The number of ether oxygens (including phenoxy) is 2. The van der Waals surface area contributed by atoms with Crippen LogP contribution in [0.5, 0.6) is 5.75 Å². The number of nitrogens with two attached hydrogens (primary N) is 1. The summed E-state index contributed by atoms with van der Waals surface area (Å²) in [5.41, 5.74) is 6.68. The fourth-order valence-electron chi connectivity index (χ4n) is 2.64. The average molecular weight is 292 g/mol. The van der Waals surface area contributed by atoms with Crippen molar-refractivity contribution in [2.24, 2.45) is 5.73 Å². The van der Waals surface area contributed by atoms with Gasteiger partial charge in [0.2, 0.25) is 0 Å². The maximum absolute atomic E-state index is 5.86. The normalized spacial score (nSPS) is 17.0. The summed E-state index contributed by atoms with van der Waals surface area (Å²) in [6.45, 7) is 7.55. The zero-order valence-electron chi connectivity index (χ0n) is 13.1. The van der Waals surface area contributed by atoms with Gasteiger partial charge in [-0.1, -0.05) is 18.2 Å². The fourth-order valence-corrected chi connectivity index (χ4v) is 2.64. The molecule has 0 bridgehead atoms. The quantitative estimate of drug-likeness (QED) is 0.746. The zero-order valence-corrected chi connectivity index (χ0v) is 13.1. The van der Waals surface area contributed by atoms with E-state index in [1.807, 2.05) is 18.2 Å². The molecule has 0 spiro atoms. The van der Waals surface area contributed by atoms with E-state index in [1.54, 1.807) is 0 Å². The second kappa shape index (κ2) is 9.03. The van der Waals surface area contributed by atoms with Crippen molar-refractivity contribution in [3.8, 4) is 5.75 Å². The number of hydrogen-bond acceptors (Lipinski definition) is 4. The summed E-state index contributed by atoms with van der Waals surface area (Å²) in [6, 6.07) is 8.18. The number of aryl methyl sites for hydroxylation is 1. The molecule has 0 aromatic heterocycles. The van der Waals surface area contributed by atoms with Gasteiger partial charge in [0.1, 0.15) is 12.4 Å². The molecular formula is C17H28N2O2. The molecule has 1 saturated heterocycles. The van der Waals surface area contributed by atoms with Gasteiger partial charge in [-0.25, -0.2) is 0 Å². The minimum Gasteiger partial charge on any atom is -0.492 e. The highest BCUT2D eigenvalue weighted by Gasteiger charge is 2.19. The van der Waals surface area contributed by atoms with Crippen LogP contribution in [0.1, 0.15) is 24.8 Å². The molecule has 1 heterocycles. The molecule has 0 unspecified atom stereocenters. The molecule has 1 aliphatic heterocycles.